The average molecular weight is 342 g/mol. The molecule has 2 rings (SSSR count). The van der Waals surface area contributed by atoms with Gasteiger partial charge in [-0.1, -0.05) is 11.6 Å². The molecular formula is C16H14ClF2NOS. The minimum absolute atomic E-state index is 0.0955. The van der Waals surface area contributed by atoms with Gasteiger partial charge in [0.1, 0.15) is 11.6 Å². The van der Waals surface area contributed by atoms with Crippen molar-refractivity contribution in [3.05, 3.63) is 64.7 Å². The van der Waals surface area contributed by atoms with Crippen molar-refractivity contribution in [2.24, 2.45) is 0 Å². The summed E-state index contributed by atoms with van der Waals surface area (Å²) in [5, 5.41) is 2.83. The Labute approximate surface area is 136 Å². The maximum Gasteiger partial charge on any atom is 0.252 e. The highest BCUT2D eigenvalue weighted by Crippen LogP contribution is 2.19. The number of hydrogen-bond donors (Lipinski definition) is 1. The third kappa shape index (κ3) is 5.00. The highest BCUT2D eigenvalue weighted by Gasteiger charge is 2.10. The Hall–Kier alpha value is -1.59. The summed E-state index contributed by atoms with van der Waals surface area (Å²) in [6.45, 7) is 0.487. The van der Waals surface area contributed by atoms with E-state index in [1.807, 2.05) is 0 Å². The molecule has 0 atom stereocenters. The molecule has 0 aromatic heterocycles. The highest BCUT2D eigenvalue weighted by atomic mass is 35.5. The smallest absolute Gasteiger partial charge is 0.252 e. The van der Waals surface area contributed by atoms with E-state index in [-0.39, 0.29) is 22.3 Å². The lowest BCUT2D eigenvalue weighted by molar-refractivity contribution is 0.0954. The van der Waals surface area contributed by atoms with Crippen molar-refractivity contribution in [3.63, 3.8) is 0 Å². The van der Waals surface area contributed by atoms with Gasteiger partial charge in [-0.3, -0.25) is 4.79 Å². The molecule has 2 aromatic rings. The van der Waals surface area contributed by atoms with Crippen LogP contribution < -0.4 is 5.32 Å². The second-order valence-corrected chi connectivity index (χ2v) is 6.11. The van der Waals surface area contributed by atoms with E-state index in [1.165, 1.54) is 24.3 Å². The summed E-state index contributed by atoms with van der Waals surface area (Å²) >= 11 is 7.41. The van der Waals surface area contributed by atoms with E-state index in [0.717, 1.165) is 23.1 Å². The Bertz CT molecular complexity index is 649. The Morgan fingerprint density at radius 2 is 1.77 bits per heavy atom. The van der Waals surface area contributed by atoms with Crippen molar-refractivity contribution in [1.82, 2.24) is 5.32 Å². The fourth-order valence-corrected chi connectivity index (χ4v) is 2.87. The van der Waals surface area contributed by atoms with Gasteiger partial charge in [0, 0.05) is 11.4 Å². The van der Waals surface area contributed by atoms with Gasteiger partial charge in [-0.15, -0.1) is 11.8 Å². The summed E-state index contributed by atoms with van der Waals surface area (Å²) in [4.78, 5) is 12.9. The van der Waals surface area contributed by atoms with Crippen molar-refractivity contribution in [1.29, 1.82) is 0 Å². The lowest BCUT2D eigenvalue weighted by atomic mass is 10.2. The molecular weight excluding hydrogens is 328 g/mol. The zero-order chi connectivity index (χ0) is 15.9. The van der Waals surface area contributed by atoms with Crippen LogP contribution in [0.2, 0.25) is 5.02 Å². The second kappa shape index (κ2) is 8.15. The topological polar surface area (TPSA) is 29.1 Å². The van der Waals surface area contributed by atoms with E-state index in [9.17, 15) is 13.6 Å². The van der Waals surface area contributed by atoms with E-state index in [0.29, 0.717) is 6.54 Å². The van der Waals surface area contributed by atoms with Crippen LogP contribution in [-0.4, -0.2) is 18.2 Å². The van der Waals surface area contributed by atoms with Gasteiger partial charge in [-0.2, -0.15) is 0 Å². The molecule has 0 unspecified atom stereocenters. The van der Waals surface area contributed by atoms with E-state index >= 15 is 0 Å². The number of benzene rings is 2. The number of halogens is 3. The minimum atomic E-state index is -0.475. The van der Waals surface area contributed by atoms with Gasteiger partial charge in [0.15, 0.2) is 0 Å². The molecule has 0 radical (unpaired) electrons. The largest absolute Gasteiger partial charge is 0.352 e. The van der Waals surface area contributed by atoms with Gasteiger partial charge in [0.25, 0.3) is 5.91 Å². The molecule has 1 N–H and O–H groups in total. The Morgan fingerprint density at radius 3 is 2.45 bits per heavy atom. The van der Waals surface area contributed by atoms with Crippen LogP contribution in [0.25, 0.3) is 0 Å². The number of hydrogen-bond acceptors (Lipinski definition) is 2. The average Bonchev–Trinajstić information content (AvgIpc) is 2.48. The third-order valence-corrected chi connectivity index (χ3v) is 4.28. The number of carbonyl (C=O) groups is 1. The molecule has 0 aliphatic rings. The number of amides is 1. The SMILES string of the molecule is O=C(NCCCSc1ccc(F)cc1)c1ccc(F)cc1Cl. The summed E-state index contributed by atoms with van der Waals surface area (Å²) in [6.07, 6.45) is 0.757. The zero-order valence-electron chi connectivity index (χ0n) is 11.6. The van der Waals surface area contributed by atoms with Gasteiger partial charge in [0.05, 0.1) is 10.6 Å². The molecule has 0 fully saturated rings. The van der Waals surface area contributed by atoms with Crippen molar-refractivity contribution < 1.29 is 13.6 Å². The lowest BCUT2D eigenvalue weighted by Crippen LogP contribution is -2.25. The van der Waals surface area contributed by atoms with Crippen LogP contribution in [0, 0.1) is 11.6 Å². The monoisotopic (exact) mass is 341 g/mol. The van der Waals surface area contributed by atoms with Gasteiger partial charge < -0.3 is 5.32 Å². The number of thioether (sulfide) groups is 1. The number of carbonyl (C=O) groups excluding carboxylic acids is 1. The first-order valence-corrected chi connectivity index (χ1v) is 8.04. The molecule has 6 heteroatoms. The zero-order valence-corrected chi connectivity index (χ0v) is 13.2. The van der Waals surface area contributed by atoms with Crippen LogP contribution in [0.4, 0.5) is 8.78 Å². The number of nitrogens with one attached hydrogen (secondary N) is 1. The molecule has 0 saturated carbocycles. The first kappa shape index (κ1) is 16.8. The minimum Gasteiger partial charge on any atom is -0.352 e. The predicted octanol–water partition coefficient (Wildman–Crippen LogP) is 4.53. The first-order valence-electron chi connectivity index (χ1n) is 6.68. The van der Waals surface area contributed by atoms with Crippen LogP contribution in [-0.2, 0) is 0 Å². The molecule has 0 spiro atoms. The van der Waals surface area contributed by atoms with Crippen LogP contribution >= 0.6 is 23.4 Å². The maximum atomic E-state index is 12.9. The van der Waals surface area contributed by atoms with Crippen molar-refractivity contribution in [2.75, 3.05) is 12.3 Å². The van der Waals surface area contributed by atoms with Crippen LogP contribution in [0.5, 0.6) is 0 Å². The molecule has 0 saturated heterocycles. The van der Waals surface area contributed by atoms with Crippen LogP contribution in [0.1, 0.15) is 16.8 Å². The Morgan fingerprint density at radius 1 is 1.09 bits per heavy atom. The molecule has 22 heavy (non-hydrogen) atoms. The first-order chi connectivity index (χ1) is 10.6. The molecule has 0 aliphatic carbocycles. The second-order valence-electron chi connectivity index (χ2n) is 4.54. The lowest BCUT2D eigenvalue weighted by Gasteiger charge is -2.07. The molecule has 1 amide bonds. The summed E-state index contributed by atoms with van der Waals surface area (Å²) in [5.74, 6) is -0.259. The Kier molecular flexibility index (Phi) is 6.21. The predicted molar refractivity (Wildman–Crippen MR) is 85.5 cm³/mol. The molecule has 0 bridgehead atoms. The summed E-state index contributed by atoms with van der Waals surface area (Å²) in [6, 6.07) is 9.95. The van der Waals surface area contributed by atoms with E-state index < -0.39 is 5.82 Å². The van der Waals surface area contributed by atoms with Gasteiger partial charge >= 0.3 is 0 Å². The van der Waals surface area contributed by atoms with Gasteiger partial charge in [-0.25, -0.2) is 8.78 Å². The maximum absolute atomic E-state index is 12.9. The molecule has 0 aliphatic heterocycles. The standard InChI is InChI=1S/C16H14ClF2NOS/c17-15-10-12(19)4-7-14(15)16(21)20-8-1-9-22-13-5-2-11(18)3-6-13/h2-7,10H,1,8-9H2,(H,20,21). The molecule has 2 nitrogen and oxygen atoms in total. The fourth-order valence-electron chi connectivity index (χ4n) is 1.76. The Balaban J connectivity index is 1.72. The van der Waals surface area contributed by atoms with E-state index in [2.05, 4.69) is 5.32 Å². The third-order valence-electron chi connectivity index (χ3n) is 2.86. The van der Waals surface area contributed by atoms with Gasteiger partial charge in [0.2, 0.25) is 0 Å². The molecule has 0 heterocycles. The van der Waals surface area contributed by atoms with E-state index in [1.54, 1.807) is 23.9 Å². The molecule has 2 aromatic carbocycles. The summed E-state index contributed by atoms with van der Waals surface area (Å²) in [5.41, 5.74) is 0.259. The number of rotatable bonds is 6. The van der Waals surface area contributed by atoms with E-state index in [4.69, 9.17) is 11.6 Å². The quantitative estimate of drug-likeness (QED) is 0.617. The molecule has 116 valence electrons. The van der Waals surface area contributed by atoms with Crippen LogP contribution in [0.3, 0.4) is 0 Å². The van der Waals surface area contributed by atoms with Crippen molar-refractivity contribution >= 4 is 29.3 Å². The normalized spacial score (nSPS) is 10.5. The fraction of sp³-hybridized carbons (Fsp3) is 0.188. The van der Waals surface area contributed by atoms with Gasteiger partial charge in [-0.05, 0) is 54.6 Å². The van der Waals surface area contributed by atoms with Crippen molar-refractivity contribution in [2.45, 2.75) is 11.3 Å². The summed E-state index contributed by atoms with van der Waals surface area (Å²) < 4.78 is 25.7. The van der Waals surface area contributed by atoms with Crippen LogP contribution in [0.15, 0.2) is 47.4 Å². The highest BCUT2D eigenvalue weighted by molar-refractivity contribution is 7.99. The summed E-state index contributed by atoms with van der Waals surface area (Å²) in [7, 11) is 0. The van der Waals surface area contributed by atoms with Crippen molar-refractivity contribution in [3.8, 4) is 0 Å².